The van der Waals surface area contributed by atoms with Crippen LogP contribution in [-0.2, 0) is 0 Å². The summed E-state index contributed by atoms with van der Waals surface area (Å²) in [6.45, 7) is 0. The van der Waals surface area contributed by atoms with Crippen molar-refractivity contribution < 1.29 is 4.39 Å². The van der Waals surface area contributed by atoms with Crippen molar-refractivity contribution >= 4 is 5.69 Å². The van der Waals surface area contributed by atoms with E-state index >= 15 is 0 Å². The number of benzene rings is 2. The molecule has 1 heterocycles. The van der Waals surface area contributed by atoms with Crippen molar-refractivity contribution in [3.05, 3.63) is 66.2 Å². The highest BCUT2D eigenvalue weighted by Gasteiger charge is 2.49. The van der Waals surface area contributed by atoms with E-state index < -0.39 is 6.30 Å². The van der Waals surface area contributed by atoms with Gasteiger partial charge in [-0.3, -0.25) is 0 Å². The third kappa shape index (κ3) is 1.47. The lowest BCUT2D eigenvalue weighted by Crippen LogP contribution is -1.94. The van der Waals surface area contributed by atoms with Crippen LogP contribution in [0.1, 0.15) is 11.6 Å². The molecule has 1 aliphatic heterocycles. The number of nitrogens with zero attached hydrogens (tertiary/aromatic N) is 1. The lowest BCUT2D eigenvalue weighted by atomic mass is 10.1. The molecule has 0 N–H and O–H groups in total. The summed E-state index contributed by atoms with van der Waals surface area (Å²) >= 11 is 0. The Labute approximate surface area is 94.1 Å². The summed E-state index contributed by atoms with van der Waals surface area (Å²) in [5, 5.41) is 0. The van der Waals surface area contributed by atoms with Crippen LogP contribution in [0.15, 0.2) is 60.7 Å². The first kappa shape index (κ1) is 9.40. The zero-order valence-electron chi connectivity index (χ0n) is 8.75. The van der Waals surface area contributed by atoms with Crippen molar-refractivity contribution in [1.29, 1.82) is 0 Å². The van der Waals surface area contributed by atoms with Gasteiger partial charge in [0.05, 0.1) is 0 Å². The third-order valence-corrected chi connectivity index (χ3v) is 2.93. The molecule has 0 radical (unpaired) electrons. The molecule has 1 nitrogen and oxygen atoms in total. The fourth-order valence-electron chi connectivity index (χ4n) is 2.08. The lowest BCUT2D eigenvalue weighted by Gasteiger charge is -2.03. The second-order valence-electron chi connectivity index (χ2n) is 3.97. The number of anilines is 1. The SMILES string of the molecule is FC1C(c2ccccc2)N1c1ccccc1. The number of halogens is 1. The number of hydrogen-bond donors (Lipinski definition) is 0. The van der Waals surface area contributed by atoms with Crippen LogP contribution in [0.25, 0.3) is 0 Å². The summed E-state index contributed by atoms with van der Waals surface area (Å²) in [6.07, 6.45) is -0.884. The molecule has 1 aliphatic rings. The molecule has 2 atom stereocenters. The molecule has 2 aromatic carbocycles. The predicted octanol–water partition coefficient (Wildman–Crippen LogP) is 3.54. The Morgan fingerprint density at radius 3 is 2.00 bits per heavy atom. The van der Waals surface area contributed by atoms with E-state index in [0.717, 1.165) is 11.3 Å². The van der Waals surface area contributed by atoms with Crippen LogP contribution in [0.4, 0.5) is 10.1 Å². The van der Waals surface area contributed by atoms with E-state index in [4.69, 9.17) is 0 Å². The minimum atomic E-state index is -0.884. The van der Waals surface area contributed by atoms with Crippen LogP contribution >= 0.6 is 0 Å². The summed E-state index contributed by atoms with van der Waals surface area (Å²) in [5.74, 6) is 0. The zero-order valence-corrected chi connectivity index (χ0v) is 8.75. The number of rotatable bonds is 2. The Bertz CT molecular complexity index is 423. The van der Waals surface area contributed by atoms with Crippen molar-refractivity contribution in [2.75, 3.05) is 4.90 Å². The molecule has 0 aliphatic carbocycles. The second-order valence-corrected chi connectivity index (χ2v) is 3.97. The molecule has 3 rings (SSSR count). The maximum absolute atomic E-state index is 13.7. The van der Waals surface area contributed by atoms with Crippen molar-refractivity contribution in [3.8, 4) is 0 Å². The summed E-state index contributed by atoms with van der Waals surface area (Å²) in [6, 6.07) is 19.4. The Hall–Kier alpha value is -1.83. The first-order valence-electron chi connectivity index (χ1n) is 5.40. The molecule has 1 saturated heterocycles. The molecule has 0 aromatic heterocycles. The van der Waals surface area contributed by atoms with Gasteiger partial charge in [-0.2, -0.15) is 0 Å². The smallest absolute Gasteiger partial charge is 0.198 e. The third-order valence-electron chi connectivity index (χ3n) is 2.93. The fraction of sp³-hybridized carbons (Fsp3) is 0.143. The lowest BCUT2D eigenvalue weighted by molar-refractivity contribution is 0.468. The summed E-state index contributed by atoms with van der Waals surface area (Å²) in [5.41, 5.74) is 1.99. The van der Waals surface area contributed by atoms with Gasteiger partial charge >= 0.3 is 0 Å². The van der Waals surface area contributed by atoms with Crippen LogP contribution in [0, 0.1) is 0 Å². The highest BCUT2D eigenvalue weighted by atomic mass is 19.1. The van der Waals surface area contributed by atoms with Gasteiger partial charge in [0.2, 0.25) is 0 Å². The molecule has 1 fully saturated rings. The Balaban J connectivity index is 1.87. The van der Waals surface area contributed by atoms with E-state index in [-0.39, 0.29) is 6.04 Å². The minimum absolute atomic E-state index is 0.108. The molecule has 16 heavy (non-hydrogen) atoms. The van der Waals surface area contributed by atoms with E-state index in [0.29, 0.717) is 0 Å². The highest BCUT2D eigenvalue weighted by Crippen LogP contribution is 2.47. The van der Waals surface area contributed by atoms with Crippen molar-refractivity contribution in [3.63, 3.8) is 0 Å². The second kappa shape index (κ2) is 3.63. The predicted molar refractivity (Wildman–Crippen MR) is 63.0 cm³/mol. The van der Waals surface area contributed by atoms with Crippen LogP contribution in [0.2, 0.25) is 0 Å². The Kier molecular flexibility index (Phi) is 2.13. The largest absolute Gasteiger partial charge is 0.328 e. The van der Waals surface area contributed by atoms with Crippen LogP contribution in [0.5, 0.6) is 0 Å². The van der Waals surface area contributed by atoms with Gasteiger partial charge in [-0.25, -0.2) is 4.39 Å². The monoisotopic (exact) mass is 213 g/mol. The van der Waals surface area contributed by atoms with Crippen LogP contribution in [0.3, 0.4) is 0 Å². The van der Waals surface area contributed by atoms with Gasteiger partial charge in [0.25, 0.3) is 0 Å². The molecule has 80 valence electrons. The van der Waals surface area contributed by atoms with Gasteiger partial charge in [-0.15, -0.1) is 0 Å². The molecule has 0 saturated carbocycles. The van der Waals surface area contributed by atoms with Gasteiger partial charge in [0.1, 0.15) is 6.04 Å². The summed E-state index contributed by atoms with van der Waals surface area (Å²) < 4.78 is 13.7. The molecule has 2 unspecified atom stereocenters. The normalized spacial score (nSPS) is 23.2. The average Bonchev–Trinajstić information content (AvgIpc) is 3.03. The van der Waals surface area contributed by atoms with E-state index in [2.05, 4.69) is 0 Å². The van der Waals surface area contributed by atoms with Gasteiger partial charge in [0.15, 0.2) is 6.30 Å². The van der Waals surface area contributed by atoms with Gasteiger partial charge in [-0.05, 0) is 17.7 Å². The highest BCUT2D eigenvalue weighted by molar-refractivity contribution is 5.57. The van der Waals surface area contributed by atoms with E-state index in [1.54, 1.807) is 4.90 Å². The molecule has 0 amide bonds. The van der Waals surface area contributed by atoms with E-state index in [1.807, 2.05) is 60.7 Å². The van der Waals surface area contributed by atoms with Gasteiger partial charge in [-0.1, -0.05) is 48.5 Å². The number of hydrogen-bond acceptors (Lipinski definition) is 1. The molecular formula is C14H12FN. The molecule has 0 spiro atoms. The Morgan fingerprint density at radius 1 is 0.812 bits per heavy atom. The van der Waals surface area contributed by atoms with Crippen LogP contribution in [-0.4, -0.2) is 6.30 Å². The number of alkyl halides is 1. The van der Waals surface area contributed by atoms with Crippen molar-refractivity contribution in [1.82, 2.24) is 0 Å². The van der Waals surface area contributed by atoms with Crippen molar-refractivity contribution in [2.24, 2.45) is 0 Å². The van der Waals surface area contributed by atoms with Crippen LogP contribution < -0.4 is 4.90 Å². The number of para-hydroxylation sites is 1. The maximum Gasteiger partial charge on any atom is 0.198 e. The fourth-order valence-corrected chi connectivity index (χ4v) is 2.08. The first-order chi connectivity index (χ1) is 7.88. The van der Waals surface area contributed by atoms with Gasteiger partial charge < -0.3 is 4.90 Å². The quantitative estimate of drug-likeness (QED) is 0.544. The standard InChI is InChI=1S/C14H12FN/c15-14-13(11-7-3-1-4-8-11)16(14)12-9-5-2-6-10-12/h1-10,13-14H. The van der Waals surface area contributed by atoms with Gasteiger partial charge in [0, 0.05) is 5.69 Å². The van der Waals surface area contributed by atoms with E-state index in [9.17, 15) is 4.39 Å². The maximum atomic E-state index is 13.7. The minimum Gasteiger partial charge on any atom is -0.328 e. The summed E-state index contributed by atoms with van der Waals surface area (Å²) in [4.78, 5) is 1.79. The zero-order chi connectivity index (χ0) is 11.0. The topological polar surface area (TPSA) is 3.01 Å². The summed E-state index contributed by atoms with van der Waals surface area (Å²) in [7, 11) is 0. The molecular weight excluding hydrogens is 201 g/mol. The van der Waals surface area contributed by atoms with Crippen molar-refractivity contribution in [2.45, 2.75) is 12.3 Å². The molecule has 0 bridgehead atoms. The first-order valence-corrected chi connectivity index (χ1v) is 5.40. The molecule has 2 aromatic rings. The average molecular weight is 213 g/mol. The molecule has 2 heteroatoms. The Morgan fingerprint density at radius 2 is 1.38 bits per heavy atom. The van der Waals surface area contributed by atoms with E-state index in [1.165, 1.54) is 0 Å².